The first-order chi connectivity index (χ1) is 10.6. The molecule has 1 rings (SSSR count). The minimum Gasteiger partial charge on any atom is -0.357 e. The van der Waals surface area contributed by atoms with Crippen LogP contribution in [0.25, 0.3) is 0 Å². The third kappa shape index (κ3) is 8.78. The van der Waals surface area contributed by atoms with Crippen LogP contribution in [-0.4, -0.2) is 39.8 Å². The Labute approximate surface area is 160 Å². The smallest absolute Gasteiger partial charge is 0.210 e. The van der Waals surface area contributed by atoms with E-state index in [1.165, 1.54) is 12.1 Å². The minimum atomic E-state index is -3.51. The molecule has 0 aliphatic rings. The number of primary sulfonamides is 1. The zero-order valence-corrected chi connectivity index (χ0v) is 17.3. The fourth-order valence-electron chi connectivity index (χ4n) is 1.93. The second-order valence-corrected chi connectivity index (χ2v) is 7.62. The second kappa shape index (κ2) is 10.1. The molecule has 0 unspecified atom stereocenters. The predicted octanol–water partition coefficient (Wildman–Crippen LogP) is 1.56. The highest BCUT2D eigenvalue weighted by molar-refractivity contribution is 14.0. The zero-order valence-electron chi connectivity index (χ0n) is 14.2. The highest BCUT2D eigenvalue weighted by Gasteiger charge is 2.21. The average molecular weight is 472 g/mol. The number of nitrogens with two attached hydrogens (primary N) is 1. The Morgan fingerprint density at radius 3 is 2.54 bits per heavy atom. The Kier molecular flexibility index (Phi) is 9.74. The van der Waals surface area contributed by atoms with Crippen LogP contribution in [0.2, 0.25) is 0 Å². The van der Waals surface area contributed by atoms with Gasteiger partial charge in [-0.3, -0.25) is 4.99 Å². The van der Waals surface area contributed by atoms with Crippen LogP contribution in [0.4, 0.5) is 4.39 Å². The molecule has 6 nitrogen and oxygen atoms in total. The Hall–Kier alpha value is -0.940. The SMILES string of the molecule is CCNC(=NCC(C)(C)c1cccc(F)c1)NCCS(N)(=O)=O.I. The number of hydrogen-bond donors (Lipinski definition) is 3. The van der Waals surface area contributed by atoms with Crippen molar-refractivity contribution in [1.82, 2.24) is 10.6 Å². The fraction of sp³-hybridized carbons (Fsp3) is 0.533. The lowest BCUT2D eigenvalue weighted by atomic mass is 9.85. The van der Waals surface area contributed by atoms with Gasteiger partial charge >= 0.3 is 0 Å². The summed E-state index contributed by atoms with van der Waals surface area (Å²) in [6, 6.07) is 6.43. The molecule has 0 aromatic heterocycles. The number of nitrogens with one attached hydrogen (secondary N) is 2. The second-order valence-electron chi connectivity index (χ2n) is 5.88. The largest absolute Gasteiger partial charge is 0.357 e. The number of rotatable bonds is 7. The van der Waals surface area contributed by atoms with Gasteiger partial charge in [-0.25, -0.2) is 17.9 Å². The van der Waals surface area contributed by atoms with Gasteiger partial charge in [0.05, 0.1) is 12.3 Å². The number of nitrogens with zero attached hydrogens (tertiary/aromatic N) is 1. The van der Waals surface area contributed by atoms with Crippen LogP contribution >= 0.6 is 24.0 Å². The Morgan fingerprint density at radius 2 is 2.00 bits per heavy atom. The van der Waals surface area contributed by atoms with Crippen LogP contribution in [0.5, 0.6) is 0 Å². The highest BCUT2D eigenvalue weighted by Crippen LogP contribution is 2.23. The summed E-state index contributed by atoms with van der Waals surface area (Å²) in [6.45, 7) is 7.08. The van der Waals surface area contributed by atoms with Crippen molar-refractivity contribution in [2.24, 2.45) is 10.1 Å². The van der Waals surface area contributed by atoms with Crippen molar-refractivity contribution in [3.8, 4) is 0 Å². The summed E-state index contributed by atoms with van der Waals surface area (Å²) in [4.78, 5) is 4.45. The normalized spacial score (nSPS) is 12.5. The number of sulfonamides is 1. The number of halogens is 2. The number of guanidine groups is 1. The number of benzene rings is 1. The van der Waals surface area contributed by atoms with Crippen molar-refractivity contribution in [2.75, 3.05) is 25.4 Å². The van der Waals surface area contributed by atoms with Crippen LogP contribution in [0, 0.1) is 5.82 Å². The van der Waals surface area contributed by atoms with E-state index in [1.807, 2.05) is 26.8 Å². The monoisotopic (exact) mass is 472 g/mol. The topological polar surface area (TPSA) is 96.6 Å². The van der Waals surface area contributed by atoms with E-state index in [4.69, 9.17) is 5.14 Å². The van der Waals surface area contributed by atoms with Gasteiger partial charge in [0, 0.05) is 18.5 Å². The highest BCUT2D eigenvalue weighted by atomic mass is 127. The van der Waals surface area contributed by atoms with Gasteiger partial charge in [-0.1, -0.05) is 26.0 Å². The molecule has 0 saturated heterocycles. The first-order valence-electron chi connectivity index (χ1n) is 7.43. The summed E-state index contributed by atoms with van der Waals surface area (Å²) < 4.78 is 35.3. The lowest BCUT2D eigenvalue weighted by Gasteiger charge is -2.24. The summed E-state index contributed by atoms with van der Waals surface area (Å²) in [7, 11) is -3.51. The predicted molar refractivity (Wildman–Crippen MR) is 107 cm³/mol. The maximum absolute atomic E-state index is 13.4. The van der Waals surface area contributed by atoms with E-state index < -0.39 is 10.0 Å². The van der Waals surface area contributed by atoms with Crippen LogP contribution < -0.4 is 15.8 Å². The van der Waals surface area contributed by atoms with Crippen LogP contribution in [0.1, 0.15) is 26.3 Å². The zero-order chi connectivity index (χ0) is 17.5. The van der Waals surface area contributed by atoms with E-state index in [0.717, 1.165) is 5.56 Å². The van der Waals surface area contributed by atoms with Gasteiger partial charge in [0.1, 0.15) is 5.82 Å². The molecule has 0 heterocycles. The van der Waals surface area contributed by atoms with E-state index in [0.29, 0.717) is 19.0 Å². The van der Waals surface area contributed by atoms with E-state index >= 15 is 0 Å². The minimum absolute atomic E-state index is 0. The van der Waals surface area contributed by atoms with Crippen molar-refractivity contribution in [3.63, 3.8) is 0 Å². The maximum atomic E-state index is 13.4. The van der Waals surface area contributed by atoms with Crippen LogP contribution in [0.3, 0.4) is 0 Å². The molecule has 0 aliphatic carbocycles. The Morgan fingerprint density at radius 1 is 1.33 bits per heavy atom. The number of aliphatic imine (C=N–C) groups is 1. The van der Waals surface area contributed by atoms with Gasteiger partial charge in [-0.2, -0.15) is 0 Å². The first kappa shape index (κ1) is 23.1. The Balaban J connectivity index is 0.00000529. The van der Waals surface area contributed by atoms with Crippen LogP contribution in [-0.2, 0) is 15.4 Å². The lowest BCUT2D eigenvalue weighted by Crippen LogP contribution is -2.41. The summed E-state index contributed by atoms with van der Waals surface area (Å²) in [5.74, 6) is 0.0448. The van der Waals surface area contributed by atoms with Gasteiger partial charge in [-0.15, -0.1) is 24.0 Å². The van der Waals surface area contributed by atoms with Gasteiger partial charge in [0.15, 0.2) is 5.96 Å². The van der Waals surface area contributed by atoms with Crippen molar-refractivity contribution >= 4 is 40.0 Å². The third-order valence-electron chi connectivity index (χ3n) is 3.26. The molecule has 0 spiro atoms. The van der Waals surface area contributed by atoms with E-state index in [2.05, 4.69) is 15.6 Å². The molecule has 1 aromatic rings. The van der Waals surface area contributed by atoms with E-state index in [1.54, 1.807) is 6.07 Å². The molecule has 0 bridgehead atoms. The van der Waals surface area contributed by atoms with Crippen molar-refractivity contribution < 1.29 is 12.8 Å². The number of hydrogen-bond acceptors (Lipinski definition) is 3. The van der Waals surface area contributed by atoms with E-state index in [-0.39, 0.29) is 47.5 Å². The van der Waals surface area contributed by atoms with Gasteiger partial charge < -0.3 is 10.6 Å². The summed E-state index contributed by atoms with van der Waals surface area (Å²) in [5.41, 5.74) is 0.492. The Bertz CT molecular complexity index is 651. The van der Waals surface area contributed by atoms with Gasteiger partial charge in [-0.05, 0) is 24.6 Å². The quantitative estimate of drug-likeness (QED) is 0.319. The standard InChI is InChI=1S/C15H25FN4O2S.HI/c1-4-18-14(19-8-9-23(17,21)22)20-11-15(2,3)12-6-5-7-13(16)10-12;/h5-7,10H,4,8-9,11H2,1-3H3,(H2,17,21,22)(H2,18,19,20);1H. The molecule has 0 atom stereocenters. The van der Waals surface area contributed by atoms with Crippen molar-refractivity contribution in [1.29, 1.82) is 0 Å². The van der Waals surface area contributed by atoms with Gasteiger partial charge in [0.2, 0.25) is 10.0 Å². The molecule has 0 saturated carbocycles. The lowest BCUT2D eigenvalue weighted by molar-refractivity contribution is 0.529. The van der Waals surface area contributed by atoms with Crippen LogP contribution in [0.15, 0.2) is 29.3 Å². The molecule has 0 radical (unpaired) electrons. The molecule has 0 amide bonds. The maximum Gasteiger partial charge on any atom is 0.210 e. The fourth-order valence-corrected chi connectivity index (χ4v) is 2.32. The summed E-state index contributed by atoms with van der Waals surface area (Å²) in [6.07, 6.45) is 0. The molecule has 9 heteroatoms. The average Bonchev–Trinajstić information content (AvgIpc) is 2.43. The molecule has 1 aromatic carbocycles. The van der Waals surface area contributed by atoms with Crippen molar-refractivity contribution in [3.05, 3.63) is 35.6 Å². The molecule has 0 fully saturated rings. The molecule has 0 aliphatic heterocycles. The first-order valence-corrected chi connectivity index (χ1v) is 9.14. The van der Waals surface area contributed by atoms with E-state index in [9.17, 15) is 12.8 Å². The third-order valence-corrected chi connectivity index (χ3v) is 4.03. The molecular weight excluding hydrogens is 446 g/mol. The van der Waals surface area contributed by atoms with Crippen molar-refractivity contribution in [2.45, 2.75) is 26.2 Å². The van der Waals surface area contributed by atoms with Gasteiger partial charge in [0.25, 0.3) is 0 Å². The molecule has 24 heavy (non-hydrogen) atoms. The summed E-state index contributed by atoms with van der Waals surface area (Å²) >= 11 is 0. The summed E-state index contributed by atoms with van der Waals surface area (Å²) in [5, 5.41) is 10.9. The molecule has 4 N–H and O–H groups in total. The molecular formula is C15H26FIN4O2S. The molecule has 138 valence electrons.